The Morgan fingerprint density at radius 2 is 1.88 bits per heavy atom. The highest BCUT2D eigenvalue weighted by molar-refractivity contribution is 9.10. The number of hydrogen-bond donors (Lipinski definition) is 1. The fourth-order valence-electron chi connectivity index (χ4n) is 2.34. The van der Waals surface area contributed by atoms with Crippen LogP contribution in [0.1, 0.15) is 20.8 Å². The van der Waals surface area contributed by atoms with Gasteiger partial charge in [-0.3, -0.25) is 4.79 Å². The smallest absolute Gasteiger partial charge is 0.375 e. The van der Waals surface area contributed by atoms with Crippen LogP contribution in [0.15, 0.2) is 46.9 Å². The minimum atomic E-state index is -4.55. The van der Waals surface area contributed by atoms with Gasteiger partial charge in [0, 0.05) is 15.6 Å². The van der Waals surface area contributed by atoms with Crippen LogP contribution in [0.2, 0.25) is 5.02 Å². The standard InChI is InChI=1S/C17H9BrClF3N2OS/c18-11-6-5-8(7-10(11)17(20,21)22)13-15(26-16(23)24-13)14(25)9-3-1-2-4-12(9)19/h1-7H,(H2,23,24). The molecule has 3 rings (SSSR count). The van der Waals surface area contributed by atoms with E-state index in [1.54, 1.807) is 18.2 Å². The Hall–Kier alpha value is -1.90. The molecular weight excluding hydrogens is 453 g/mol. The van der Waals surface area contributed by atoms with Crippen LogP contribution < -0.4 is 5.73 Å². The molecule has 2 N–H and O–H groups in total. The molecule has 0 fully saturated rings. The highest BCUT2D eigenvalue weighted by Gasteiger charge is 2.34. The molecule has 9 heteroatoms. The summed E-state index contributed by atoms with van der Waals surface area (Å²) in [7, 11) is 0. The number of nitrogens with two attached hydrogens (primary N) is 1. The monoisotopic (exact) mass is 460 g/mol. The number of halogens is 5. The first-order valence-electron chi connectivity index (χ1n) is 7.11. The fraction of sp³-hybridized carbons (Fsp3) is 0.0588. The summed E-state index contributed by atoms with van der Waals surface area (Å²) in [5, 5.41) is 0.314. The third-order valence-electron chi connectivity index (χ3n) is 3.51. The molecule has 134 valence electrons. The summed E-state index contributed by atoms with van der Waals surface area (Å²) in [6.45, 7) is 0. The first-order chi connectivity index (χ1) is 12.2. The van der Waals surface area contributed by atoms with Crippen LogP contribution >= 0.6 is 38.9 Å². The van der Waals surface area contributed by atoms with Gasteiger partial charge in [0.25, 0.3) is 0 Å². The van der Waals surface area contributed by atoms with E-state index >= 15 is 0 Å². The lowest BCUT2D eigenvalue weighted by molar-refractivity contribution is -0.138. The molecule has 0 aliphatic rings. The number of hydrogen-bond acceptors (Lipinski definition) is 4. The van der Waals surface area contributed by atoms with Crippen molar-refractivity contribution in [1.82, 2.24) is 4.98 Å². The second kappa shape index (κ2) is 7.02. The fourth-order valence-corrected chi connectivity index (χ4v) is 3.85. The van der Waals surface area contributed by atoms with Crippen LogP contribution in [0.3, 0.4) is 0 Å². The van der Waals surface area contributed by atoms with E-state index < -0.39 is 17.5 Å². The first kappa shape index (κ1) is 18.9. The lowest BCUT2D eigenvalue weighted by Gasteiger charge is -2.11. The molecule has 0 radical (unpaired) electrons. The van der Waals surface area contributed by atoms with Crippen LogP contribution in [0.5, 0.6) is 0 Å². The maximum absolute atomic E-state index is 13.2. The van der Waals surface area contributed by atoms with Gasteiger partial charge in [-0.25, -0.2) is 4.98 Å². The lowest BCUT2D eigenvalue weighted by Crippen LogP contribution is -2.07. The number of alkyl halides is 3. The van der Waals surface area contributed by atoms with E-state index in [0.29, 0.717) is 0 Å². The average molecular weight is 462 g/mol. The quantitative estimate of drug-likeness (QED) is 0.483. The number of anilines is 1. The molecule has 0 amide bonds. The van der Waals surface area contributed by atoms with Crippen LogP contribution in [0.4, 0.5) is 18.3 Å². The molecule has 26 heavy (non-hydrogen) atoms. The second-order valence-electron chi connectivity index (χ2n) is 5.23. The topological polar surface area (TPSA) is 56.0 Å². The Bertz CT molecular complexity index is 1000. The number of rotatable bonds is 3. The number of carbonyl (C=O) groups is 1. The Kier molecular flexibility index (Phi) is 5.09. The van der Waals surface area contributed by atoms with Crippen molar-refractivity contribution in [1.29, 1.82) is 0 Å². The molecule has 0 saturated carbocycles. The number of aromatic nitrogens is 1. The van der Waals surface area contributed by atoms with E-state index in [2.05, 4.69) is 20.9 Å². The third-order valence-corrected chi connectivity index (χ3v) is 5.42. The van der Waals surface area contributed by atoms with Crippen LogP contribution in [-0.4, -0.2) is 10.8 Å². The molecule has 0 atom stereocenters. The van der Waals surface area contributed by atoms with E-state index in [9.17, 15) is 18.0 Å². The van der Waals surface area contributed by atoms with E-state index in [1.165, 1.54) is 18.2 Å². The van der Waals surface area contributed by atoms with Gasteiger partial charge in [-0.2, -0.15) is 13.2 Å². The number of thiazole rings is 1. The van der Waals surface area contributed by atoms with Crippen molar-refractivity contribution in [3.8, 4) is 11.3 Å². The SMILES string of the molecule is Nc1nc(-c2ccc(Br)c(C(F)(F)F)c2)c(C(=O)c2ccccc2Cl)s1. The van der Waals surface area contributed by atoms with Crippen molar-refractivity contribution in [2.45, 2.75) is 6.18 Å². The van der Waals surface area contributed by atoms with Gasteiger partial charge >= 0.3 is 6.18 Å². The molecule has 0 spiro atoms. The molecule has 1 aromatic heterocycles. The van der Waals surface area contributed by atoms with Gasteiger partial charge in [-0.1, -0.05) is 57.1 Å². The Morgan fingerprint density at radius 3 is 2.54 bits per heavy atom. The van der Waals surface area contributed by atoms with E-state index in [4.69, 9.17) is 17.3 Å². The minimum Gasteiger partial charge on any atom is -0.375 e. The van der Waals surface area contributed by atoms with Crippen molar-refractivity contribution in [3.05, 3.63) is 68.0 Å². The lowest BCUT2D eigenvalue weighted by atomic mass is 10.0. The number of benzene rings is 2. The highest BCUT2D eigenvalue weighted by Crippen LogP contribution is 2.39. The molecule has 0 aliphatic carbocycles. The molecule has 0 bridgehead atoms. The van der Waals surface area contributed by atoms with E-state index in [1.807, 2.05) is 0 Å². The minimum absolute atomic E-state index is 0.0758. The summed E-state index contributed by atoms with van der Waals surface area (Å²) in [5.41, 5.74) is 5.32. The molecule has 2 aromatic carbocycles. The summed E-state index contributed by atoms with van der Waals surface area (Å²) in [6.07, 6.45) is -4.55. The molecule has 3 aromatic rings. The molecule has 3 nitrogen and oxygen atoms in total. The predicted molar refractivity (Wildman–Crippen MR) is 99.5 cm³/mol. The maximum Gasteiger partial charge on any atom is 0.417 e. The normalized spacial score (nSPS) is 11.6. The van der Waals surface area contributed by atoms with Gasteiger partial charge < -0.3 is 5.73 Å². The Balaban J connectivity index is 2.15. The number of nitrogen functional groups attached to an aromatic ring is 1. The summed E-state index contributed by atoms with van der Waals surface area (Å²) in [5.74, 6) is -0.448. The van der Waals surface area contributed by atoms with Crippen LogP contribution in [-0.2, 0) is 6.18 Å². The van der Waals surface area contributed by atoms with Gasteiger partial charge in [-0.05, 0) is 24.3 Å². The number of carbonyl (C=O) groups excluding carboxylic acids is 1. The second-order valence-corrected chi connectivity index (χ2v) is 7.52. The van der Waals surface area contributed by atoms with Crippen molar-refractivity contribution in [2.75, 3.05) is 5.73 Å². The third kappa shape index (κ3) is 3.62. The molecule has 0 aliphatic heterocycles. The van der Waals surface area contributed by atoms with E-state index in [0.717, 1.165) is 17.4 Å². The zero-order valence-corrected chi connectivity index (χ0v) is 15.9. The van der Waals surface area contributed by atoms with Crippen molar-refractivity contribution in [2.24, 2.45) is 0 Å². The Morgan fingerprint density at radius 1 is 1.19 bits per heavy atom. The van der Waals surface area contributed by atoms with Crippen molar-refractivity contribution < 1.29 is 18.0 Å². The average Bonchev–Trinajstić information content (AvgIpc) is 2.96. The summed E-state index contributed by atoms with van der Waals surface area (Å²) in [4.78, 5) is 17.0. The molecule has 0 unspecified atom stereocenters. The van der Waals surface area contributed by atoms with Crippen molar-refractivity contribution in [3.63, 3.8) is 0 Å². The number of ketones is 1. The molecule has 1 heterocycles. The number of nitrogens with zero attached hydrogens (tertiary/aromatic N) is 1. The van der Waals surface area contributed by atoms with Gasteiger partial charge in [0.1, 0.15) is 4.88 Å². The zero-order valence-electron chi connectivity index (χ0n) is 12.8. The first-order valence-corrected chi connectivity index (χ1v) is 9.10. The highest BCUT2D eigenvalue weighted by atomic mass is 79.9. The maximum atomic E-state index is 13.2. The molecule has 0 saturated heterocycles. The largest absolute Gasteiger partial charge is 0.417 e. The van der Waals surface area contributed by atoms with Gasteiger partial charge in [0.05, 0.1) is 16.3 Å². The summed E-state index contributed by atoms with van der Waals surface area (Å²) >= 11 is 9.85. The predicted octanol–water partition coefficient (Wildman–Crippen LogP) is 6.06. The van der Waals surface area contributed by atoms with Crippen LogP contribution in [0.25, 0.3) is 11.3 Å². The van der Waals surface area contributed by atoms with Gasteiger partial charge in [0.15, 0.2) is 5.13 Å². The van der Waals surface area contributed by atoms with Gasteiger partial charge in [0.2, 0.25) is 5.78 Å². The molecular formula is C17H9BrClF3N2OS. The van der Waals surface area contributed by atoms with E-state index in [-0.39, 0.29) is 36.3 Å². The Labute approximate surface area is 163 Å². The van der Waals surface area contributed by atoms with Gasteiger partial charge in [-0.15, -0.1) is 0 Å². The zero-order chi connectivity index (χ0) is 19.1. The van der Waals surface area contributed by atoms with Crippen LogP contribution in [0, 0.1) is 0 Å². The van der Waals surface area contributed by atoms with Crippen molar-refractivity contribution >= 4 is 49.8 Å². The summed E-state index contributed by atoms with van der Waals surface area (Å²) < 4.78 is 39.4. The summed E-state index contributed by atoms with van der Waals surface area (Å²) in [6, 6.07) is 10.0.